The largest absolute Gasteiger partial charge is 0.394 e. The van der Waals surface area contributed by atoms with Crippen LogP contribution in [-0.2, 0) is 33.2 Å². The maximum atomic E-state index is 13.2. The van der Waals surface area contributed by atoms with Crippen LogP contribution in [0.25, 0.3) is 0 Å². The van der Waals surface area contributed by atoms with E-state index in [4.69, 9.17) is 28.4 Å². The Balaban J connectivity index is 1.46. The third-order valence-corrected chi connectivity index (χ3v) is 14.8. The highest BCUT2D eigenvalue weighted by Crippen LogP contribution is 2.33. The molecule has 3 rings (SSSR count). The standard InChI is InChI=1S/C55H103NO18/c1-3-5-7-9-11-12-13-14-15-16-17-18-19-20-21-22-23-24-25-27-28-30-32-39(60)38(56-43(61)33-31-29-26-10-8-6-4-2)37-69-53-49(67)46(64)51(41(35-58)71-53)74-55-50(68)47(65)52(42(36-59)72-55)73-54-48(66)45(63)44(62)40(34-57)70-54/h30,32,38-42,44-55,57-60,62-68H,3-29,31,33-37H2,1-2H3,(H,56,61)/b32-30+. The quantitative estimate of drug-likeness (QED) is 0.0301. The number of unbranched alkanes of at least 4 members (excludes halogenated alkanes) is 26. The average Bonchev–Trinajstić information content (AvgIpc) is 3.40. The first-order valence-corrected chi connectivity index (χ1v) is 28.9. The second kappa shape index (κ2) is 39.8. The Morgan fingerprint density at radius 2 is 0.838 bits per heavy atom. The van der Waals surface area contributed by atoms with Gasteiger partial charge in [-0.1, -0.05) is 187 Å². The van der Waals surface area contributed by atoms with E-state index in [1.165, 1.54) is 116 Å². The number of aliphatic hydroxyl groups is 11. The molecule has 0 aromatic carbocycles. The number of allylic oxidation sites excluding steroid dienone is 1. The Hall–Kier alpha value is -1.47. The van der Waals surface area contributed by atoms with Gasteiger partial charge in [-0.05, 0) is 19.3 Å². The monoisotopic (exact) mass is 1070 g/mol. The SMILES string of the molecule is CCCCCCCCCCCCCCCCCCCCCC/C=C/C(O)C(COC1OC(CO)C(OC2OC(CO)C(OC3OC(CO)C(O)C(O)C3O)C(O)C2O)C(O)C1O)NC(=O)CCCCCCCCC. The molecule has 0 aromatic heterocycles. The van der Waals surface area contributed by atoms with E-state index in [9.17, 15) is 61.0 Å². The third-order valence-electron chi connectivity index (χ3n) is 14.8. The molecule has 0 spiro atoms. The fourth-order valence-corrected chi connectivity index (χ4v) is 10.0. The van der Waals surface area contributed by atoms with Gasteiger partial charge in [-0.15, -0.1) is 0 Å². The molecule has 19 nitrogen and oxygen atoms in total. The van der Waals surface area contributed by atoms with Crippen LogP contribution >= 0.6 is 0 Å². The molecule has 436 valence electrons. The first-order chi connectivity index (χ1) is 35.8. The molecule has 17 unspecified atom stereocenters. The Bertz CT molecular complexity index is 1410. The minimum absolute atomic E-state index is 0.245. The summed E-state index contributed by atoms with van der Waals surface area (Å²) in [6, 6.07) is -0.964. The fourth-order valence-electron chi connectivity index (χ4n) is 10.0. The minimum Gasteiger partial charge on any atom is -0.394 e. The molecule has 0 aromatic rings. The molecule has 74 heavy (non-hydrogen) atoms. The summed E-state index contributed by atoms with van der Waals surface area (Å²) in [5.74, 6) is -0.282. The number of amides is 1. The molecule has 3 aliphatic rings. The lowest BCUT2D eigenvalue weighted by Gasteiger charge is -2.48. The lowest BCUT2D eigenvalue weighted by atomic mass is 9.96. The van der Waals surface area contributed by atoms with Crippen molar-refractivity contribution in [3.63, 3.8) is 0 Å². The van der Waals surface area contributed by atoms with E-state index < -0.39 is 124 Å². The molecule has 3 saturated heterocycles. The van der Waals surface area contributed by atoms with Crippen LogP contribution in [0.2, 0.25) is 0 Å². The predicted molar refractivity (Wildman–Crippen MR) is 277 cm³/mol. The molecule has 0 saturated carbocycles. The highest BCUT2D eigenvalue weighted by molar-refractivity contribution is 5.76. The Morgan fingerprint density at radius 1 is 0.473 bits per heavy atom. The summed E-state index contributed by atoms with van der Waals surface area (Å²) in [5.41, 5.74) is 0. The van der Waals surface area contributed by atoms with Gasteiger partial charge in [0.1, 0.15) is 73.2 Å². The number of hydrogen-bond acceptors (Lipinski definition) is 18. The van der Waals surface area contributed by atoms with Gasteiger partial charge in [0, 0.05) is 6.42 Å². The summed E-state index contributed by atoms with van der Waals surface area (Å²) in [6.45, 7) is 1.66. The summed E-state index contributed by atoms with van der Waals surface area (Å²) >= 11 is 0. The fraction of sp³-hybridized carbons (Fsp3) is 0.945. The van der Waals surface area contributed by atoms with Gasteiger partial charge in [-0.3, -0.25) is 4.79 Å². The van der Waals surface area contributed by atoms with Crippen LogP contribution in [0.1, 0.15) is 200 Å². The van der Waals surface area contributed by atoms with Crippen LogP contribution in [0.3, 0.4) is 0 Å². The van der Waals surface area contributed by atoms with Crippen molar-refractivity contribution < 1.29 is 89.4 Å². The van der Waals surface area contributed by atoms with Gasteiger partial charge in [0.2, 0.25) is 5.91 Å². The van der Waals surface area contributed by atoms with Crippen LogP contribution in [0, 0.1) is 0 Å². The number of aliphatic hydroxyl groups excluding tert-OH is 11. The number of rotatable bonds is 42. The van der Waals surface area contributed by atoms with E-state index in [2.05, 4.69) is 19.2 Å². The van der Waals surface area contributed by atoms with E-state index in [0.717, 1.165) is 57.8 Å². The topological polar surface area (TPSA) is 307 Å². The zero-order valence-electron chi connectivity index (χ0n) is 45.1. The summed E-state index contributed by atoms with van der Waals surface area (Å²) in [7, 11) is 0. The highest BCUT2D eigenvalue weighted by Gasteiger charge is 2.53. The minimum atomic E-state index is -1.97. The van der Waals surface area contributed by atoms with Crippen molar-refractivity contribution in [3.8, 4) is 0 Å². The predicted octanol–water partition coefficient (Wildman–Crippen LogP) is 4.21. The van der Waals surface area contributed by atoms with Gasteiger partial charge in [0.25, 0.3) is 0 Å². The summed E-state index contributed by atoms with van der Waals surface area (Å²) in [5, 5.41) is 120. The van der Waals surface area contributed by atoms with Gasteiger partial charge < -0.3 is 89.9 Å². The van der Waals surface area contributed by atoms with Crippen LogP contribution in [0.4, 0.5) is 0 Å². The van der Waals surface area contributed by atoms with Crippen molar-refractivity contribution in [2.45, 2.75) is 304 Å². The van der Waals surface area contributed by atoms with E-state index in [0.29, 0.717) is 6.42 Å². The molecule has 1 amide bonds. The van der Waals surface area contributed by atoms with Crippen molar-refractivity contribution in [3.05, 3.63) is 12.2 Å². The lowest BCUT2D eigenvalue weighted by molar-refractivity contribution is -0.379. The molecule has 0 aliphatic carbocycles. The van der Waals surface area contributed by atoms with E-state index >= 15 is 0 Å². The van der Waals surface area contributed by atoms with Gasteiger partial charge in [0.15, 0.2) is 18.9 Å². The van der Waals surface area contributed by atoms with E-state index in [1.807, 2.05) is 6.08 Å². The first kappa shape index (κ1) is 66.8. The van der Waals surface area contributed by atoms with E-state index in [1.54, 1.807) is 6.08 Å². The zero-order valence-corrected chi connectivity index (χ0v) is 45.1. The molecule has 17 atom stereocenters. The highest BCUT2D eigenvalue weighted by atomic mass is 16.8. The molecule has 0 bridgehead atoms. The Morgan fingerprint density at radius 3 is 1.27 bits per heavy atom. The van der Waals surface area contributed by atoms with Gasteiger partial charge in [0.05, 0.1) is 38.6 Å². The van der Waals surface area contributed by atoms with E-state index in [-0.39, 0.29) is 18.9 Å². The normalized spacial score (nSPS) is 31.5. The molecule has 3 aliphatic heterocycles. The Kier molecular flexibility index (Phi) is 35.9. The van der Waals surface area contributed by atoms with Crippen LogP contribution in [-0.4, -0.2) is 193 Å². The van der Waals surface area contributed by atoms with Crippen molar-refractivity contribution >= 4 is 5.91 Å². The smallest absolute Gasteiger partial charge is 0.220 e. The summed E-state index contributed by atoms with van der Waals surface area (Å²) in [6.07, 6.45) is 11.0. The lowest BCUT2D eigenvalue weighted by Crippen LogP contribution is -2.66. The summed E-state index contributed by atoms with van der Waals surface area (Å²) < 4.78 is 34.1. The zero-order chi connectivity index (χ0) is 54.1. The van der Waals surface area contributed by atoms with Gasteiger partial charge >= 0.3 is 0 Å². The number of carbonyl (C=O) groups excluding carboxylic acids is 1. The van der Waals surface area contributed by atoms with Crippen LogP contribution in [0.5, 0.6) is 0 Å². The Labute approximate surface area is 442 Å². The molecule has 12 N–H and O–H groups in total. The van der Waals surface area contributed by atoms with Crippen molar-refractivity contribution in [2.75, 3.05) is 26.4 Å². The van der Waals surface area contributed by atoms with Gasteiger partial charge in [-0.2, -0.15) is 0 Å². The molecular weight excluding hydrogens is 963 g/mol. The number of nitrogens with one attached hydrogen (secondary N) is 1. The molecular formula is C55H103NO18. The van der Waals surface area contributed by atoms with Crippen molar-refractivity contribution in [1.82, 2.24) is 5.32 Å². The maximum absolute atomic E-state index is 13.2. The molecule has 3 heterocycles. The van der Waals surface area contributed by atoms with Crippen molar-refractivity contribution in [1.29, 1.82) is 0 Å². The molecule has 19 heteroatoms. The average molecular weight is 1070 g/mol. The number of hydrogen-bond donors (Lipinski definition) is 12. The number of carbonyl (C=O) groups is 1. The summed E-state index contributed by atoms with van der Waals surface area (Å²) in [4.78, 5) is 13.2. The van der Waals surface area contributed by atoms with Crippen molar-refractivity contribution in [2.24, 2.45) is 0 Å². The number of ether oxygens (including phenoxy) is 6. The maximum Gasteiger partial charge on any atom is 0.220 e. The van der Waals surface area contributed by atoms with Crippen LogP contribution < -0.4 is 5.32 Å². The second-order valence-electron chi connectivity index (χ2n) is 21.1. The van der Waals surface area contributed by atoms with Gasteiger partial charge in [-0.25, -0.2) is 0 Å². The first-order valence-electron chi connectivity index (χ1n) is 28.9. The third kappa shape index (κ3) is 24.3. The second-order valence-corrected chi connectivity index (χ2v) is 21.1. The van der Waals surface area contributed by atoms with Crippen LogP contribution in [0.15, 0.2) is 12.2 Å². The molecule has 3 fully saturated rings. The molecule has 0 radical (unpaired) electrons.